The summed E-state index contributed by atoms with van der Waals surface area (Å²) in [5, 5.41) is 0. The van der Waals surface area contributed by atoms with Crippen molar-refractivity contribution >= 4 is 43.5 Å². The van der Waals surface area contributed by atoms with Crippen molar-refractivity contribution in [3.63, 3.8) is 0 Å². The fourth-order valence-electron chi connectivity index (χ4n) is 0.161. The molecular formula is C3Br2ClF5. The summed E-state index contributed by atoms with van der Waals surface area (Å²) in [4.78, 5) is -4.69. The Kier molecular flexibility index (Phi) is 3.24. The normalized spacial score (nSPS) is 19.6. The van der Waals surface area contributed by atoms with E-state index in [1.165, 1.54) is 15.9 Å². The molecule has 0 bridgehead atoms. The Hall–Kier alpha value is 0.900. The first-order valence-corrected chi connectivity index (χ1v) is 3.98. The van der Waals surface area contributed by atoms with E-state index in [0.717, 1.165) is 0 Å². The maximum absolute atomic E-state index is 12.1. The van der Waals surface area contributed by atoms with Gasteiger partial charge in [-0.3, -0.25) is 0 Å². The van der Waals surface area contributed by atoms with Gasteiger partial charge >= 0.3 is 14.8 Å². The van der Waals surface area contributed by atoms with Gasteiger partial charge in [0.25, 0.3) is 0 Å². The van der Waals surface area contributed by atoms with Crippen LogP contribution in [0, 0.1) is 0 Å². The van der Waals surface area contributed by atoms with E-state index in [0.29, 0.717) is 0 Å². The van der Waals surface area contributed by atoms with Gasteiger partial charge in [-0.15, -0.1) is 0 Å². The number of hydrogen-bond donors (Lipinski definition) is 0. The minimum Gasteiger partial charge on any atom is -0.206 e. The average Bonchev–Trinajstić information content (AvgIpc) is 1.58. The molecule has 0 heterocycles. The van der Waals surface area contributed by atoms with Crippen LogP contribution in [0.25, 0.3) is 0 Å². The highest BCUT2D eigenvalue weighted by atomic mass is 79.9. The minimum atomic E-state index is -5.03. The van der Waals surface area contributed by atoms with Crippen molar-refractivity contribution in [1.29, 1.82) is 0 Å². The van der Waals surface area contributed by atoms with Gasteiger partial charge in [0.05, 0.1) is 0 Å². The highest BCUT2D eigenvalue weighted by Gasteiger charge is 2.68. The molecule has 0 spiro atoms. The van der Waals surface area contributed by atoms with Crippen molar-refractivity contribution in [2.24, 2.45) is 0 Å². The molecule has 0 amide bonds. The largest absolute Gasteiger partial charge is 0.377 e. The third kappa shape index (κ3) is 2.42. The molecule has 0 aliphatic heterocycles. The number of alkyl halides is 8. The third-order valence-electron chi connectivity index (χ3n) is 0.712. The number of hydrogen-bond acceptors (Lipinski definition) is 0. The minimum absolute atomic E-state index is 1.30. The lowest BCUT2D eigenvalue weighted by Gasteiger charge is -2.26. The molecule has 68 valence electrons. The predicted molar refractivity (Wildman–Crippen MR) is 37.4 cm³/mol. The summed E-state index contributed by atoms with van der Waals surface area (Å²) in [6.45, 7) is 0. The Morgan fingerprint density at radius 2 is 1.18 bits per heavy atom. The Morgan fingerprint density at radius 3 is 1.18 bits per heavy atom. The highest BCUT2D eigenvalue weighted by molar-refractivity contribution is 9.10. The van der Waals surface area contributed by atoms with Gasteiger partial charge in [-0.05, 0) is 31.9 Å². The van der Waals surface area contributed by atoms with Gasteiger partial charge in [0.1, 0.15) is 0 Å². The monoisotopic (exact) mass is 324 g/mol. The lowest BCUT2D eigenvalue weighted by atomic mass is 10.4. The summed E-state index contributed by atoms with van der Waals surface area (Å²) in [5.74, 6) is -5.03. The Bertz CT molecular complexity index is 131. The van der Waals surface area contributed by atoms with E-state index in [4.69, 9.17) is 0 Å². The fourth-order valence-corrected chi connectivity index (χ4v) is 1.18. The second-order valence-electron chi connectivity index (χ2n) is 1.57. The molecule has 0 aromatic rings. The zero-order valence-corrected chi connectivity index (χ0v) is 8.45. The van der Waals surface area contributed by atoms with Crippen LogP contribution < -0.4 is 0 Å². The fraction of sp³-hybridized carbons (Fsp3) is 1.00. The highest BCUT2D eigenvalue weighted by Crippen LogP contribution is 2.52. The van der Waals surface area contributed by atoms with Crippen molar-refractivity contribution in [2.75, 3.05) is 0 Å². The SMILES string of the molecule is FC(F)(Br)C(F)(F)C(F)(Cl)Br. The second-order valence-corrected chi connectivity index (χ2v) is 4.64. The topological polar surface area (TPSA) is 0 Å². The van der Waals surface area contributed by atoms with Gasteiger partial charge < -0.3 is 0 Å². The molecule has 0 nitrogen and oxygen atoms in total. The Balaban J connectivity index is 4.75. The molecule has 0 aromatic heterocycles. The zero-order valence-electron chi connectivity index (χ0n) is 4.52. The van der Waals surface area contributed by atoms with Crippen molar-refractivity contribution in [1.82, 2.24) is 0 Å². The molecule has 0 fully saturated rings. The van der Waals surface area contributed by atoms with Gasteiger partial charge in [0, 0.05) is 0 Å². The summed E-state index contributed by atoms with van der Waals surface area (Å²) in [6, 6.07) is 0. The summed E-state index contributed by atoms with van der Waals surface area (Å²) in [7, 11) is 0. The van der Waals surface area contributed by atoms with Crippen molar-refractivity contribution in [3.05, 3.63) is 0 Å². The Labute approximate surface area is 80.3 Å². The van der Waals surface area contributed by atoms with Gasteiger partial charge in [-0.2, -0.15) is 17.6 Å². The van der Waals surface area contributed by atoms with Crippen LogP contribution in [-0.2, 0) is 0 Å². The van der Waals surface area contributed by atoms with E-state index in [-0.39, 0.29) is 0 Å². The first-order valence-electron chi connectivity index (χ1n) is 2.01. The molecule has 11 heavy (non-hydrogen) atoms. The standard InChI is InChI=1S/C3Br2ClF5/c4-2(6,9)1(7,8)3(5,10)11. The van der Waals surface area contributed by atoms with Gasteiger partial charge in [-0.1, -0.05) is 11.6 Å². The third-order valence-corrected chi connectivity index (χ3v) is 1.95. The second kappa shape index (κ2) is 2.99. The zero-order chi connectivity index (χ0) is 9.50. The molecule has 1 atom stereocenters. The molecule has 0 saturated carbocycles. The predicted octanol–water partition coefficient (Wildman–Crippen LogP) is 3.87. The lowest BCUT2D eigenvalue weighted by molar-refractivity contribution is -0.174. The van der Waals surface area contributed by atoms with E-state index < -0.39 is 14.8 Å². The van der Waals surface area contributed by atoms with Crippen molar-refractivity contribution in [2.45, 2.75) is 14.8 Å². The van der Waals surface area contributed by atoms with E-state index in [2.05, 4.69) is 11.6 Å². The first kappa shape index (κ1) is 11.9. The van der Waals surface area contributed by atoms with E-state index in [9.17, 15) is 22.0 Å². The molecule has 0 N–H and O–H groups in total. The molecule has 0 aliphatic carbocycles. The van der Waals surface area contributed by atoms with Crippen LogP contribution in [0.5, 0.6) is 0 Å². The summed E-state index contributed by atoms with van der Waals surface area (Å²) in [6.07, 6.45) is 0. The van der Waals surface area contributed by atoms with Crippen LogP contribution in [0.3, 0.4) is 0 Å². The summed E-state index contributed by atoms with van der Waals surface area (Å²) in [5.41, 5.74) is 0. The molecule has 0 saturated heterocycles. The van der Waals surface area contributed by atoms with Gasteiger partial charge in [-0.25, -0.2) is 4.39 Å². The number of halogens is 8. The van der Waals surface area contributed by atoms with Crippen LogP contribution in [0.4, 0.5) is 22.0 Å². The maximum atomic E-state index is 12.1. The van der Waals surface area contributed by atoms with E-state index in [1.54, 1.807) is 15.9 Å². The van der Waals surface area contributed by atoms with E-state index in [1.807, 2.05) is 0 Å². The van der Waals surface area contributed by atoms with Gasteiger partial charge in [0.15, 0.2) is 0 Å². The average molecular weight is 326 g/mol. The van der Waals surface area contributed by atoms with Crippen LogP contribution in [-0.4, -0.2) is 14.8 Å². The van der Waals surface area contributed by atoms with Crippen molar-refractivity contribution in [3.8, 4) is 0 Å². The Morgan fingerprint density at radius 1 is 0.909 bits per heavy atom. The van der Waals surface area contributed by atoms with E-state index >= 15 is 0 Å². The smallest absolute Gasteiger partial charge is 0.206 e. The molecule has 0 radical (unpaired) electrons. The first-order chi connectivity index (χ1) is 4.50. The molecule has 0 rings (SSSR count). The van der Waals surface area contributed by atoms with Crippen LogP contribution >= 0.6 is 43.5 Å². The van der Waals surface area contributed by atoms with Crippen LogP contribution in [0.1, 0.15) is 0 Å². The van der Waals surface area contributed by atoms with Crippen molar-refractivity contribution < 1.29 is 22.0 Å². The number of rotatable bonds is 2. The molecular weight excluding hydrogens is 326 g/mol. The summed E-state index contributed by atoms with van der Waals surface area (Å²) >= 11 is 7.17. The lowest BCUT2D eigenvalue weighted by Crippen LogP contribution is -2.46. The maximum Gasteiger partial charge on any atom is 0.377 e. The molecule has 0 aliphatic rings. The molecule has 8 heteroatoms. The quantitative estimate of drug-likeness (QED) is 0.534. The summed E-state index contributed by atoms with van der Waals surface area (Å²) < 4.78 is 55.9. The van der Waals surface area contributed by atoms with Crippen LogP contribution in [0.2, 0.25) is 0 Å². The van der Waals surface area contributed by atoms with Gasteiger partial charge in [0.2, 0.25) is 0 Å². The van der Waals surface area contributed by atoms with Crippen LogP contribution in [0.15, 0.2) is 0 Å². The molecule has 0 aromatic carbocycles. The molecule has 1 unspecified atom stereocenters.